The Morgan fingerprint density at radius 1 is 1.11 bits per heavy atom. The van der Waals surface area contributed by atoms with E-state index >= 15 is 0 Å². The summed E-state index contributed by atoms with van der Waals surface area (Å²) in [5.74, 6) is 0.0139. The molecule has 0 aliphatic rings. The lowest BCUT2D eigenvalue weighted by molar-refractivity contribution is -0.120. The van der Waals surface area contributed by atoms with Gasteiger partial charge in [0.1, 0.15) is 0 Å². The zero-order valence-electron chi connectivity index (χ0n) is 15.8. The van der Waals surface area contributed by atoms with Gasteiger partial charge in [-0.2, -0.15) is 0 Å². The molecule has 1 amide bonds. The van der Waals surface area contributed by atoms with Gasteiger partial charge in [0, 0.05) is 29.4 Å². The summed E-state index contributed by atoms with van der Waals surface area (Å²) in [6, 6.07) is 16.3. The van der Waals surface area contributed by atoms with Crippen molar-refractivity contribution >= 4 is 34.6 Å². The highest BCUT2D eigenvalue weighted by molar-refractivity contribution is 7.15. The number of thiazole rings is 1. The summed E-state index contributed by atoms with van der Waals surface area (Å²) in [6.07, 6.45) is 2.37. The number of halogens is 1. The minimum atomic E-state index is 0. The van der Waals surface area contributed by atoms with Crippen LogP contribution < -0.4 is 5.32 Å². The summed E-state index contributed by atoms with van der Waals surface area (Å²) in [5.41, 5.74) is 6.63. The first-order valence-corrected chi connectivity index (χ1v) is 9.82. The SMILES string of the molecule is Cc1ccc(-c2cn3c(CC(=O)NCc4ccccc4)csc3n2)cc1C.Cl. The average Bonchev–Trinajstić information content (AvgIpc) is 3.25. The molecule has 0 saturated carbocycles. The Morgan fingerprint density at radius 2 is 1.89 bits per heavy atom. The van der Waals surface area contributed by atoms with Crippen LogP contribution in [-0.2, 0) is 17.8 Å². The van der Waals surface area contributed by atoms with Gasteiger partial charge in [0.25, 0.3) is 0 Å². The van der Waals surface area contributed by atoms with Crippen molar-refractivity contribution < 1.29 is 4.79 Å². The van der Waals surface area contributed by atoms with Crippen LogP contribution in [0.4, 0.5) is 0 Å². The van der Waals surface area contributed by atoms with Gasteiger partial charge >= 0.3 is 0 Å². The molecule has 0 aliphatic carbocycles. The standard InChI is InChI=1S/C22H21N3OS.ClH/c1-15-8-9-18(10-16(15)2)20-13-25-19(14-27-22(25)24-20)11-21(26)23-12-17-6-4-3-5-7-17;/h3-10,13-14H,11-12H2,1-2H3,(H,23,26);1H. The number of nitrogens with zero attached hydrogens (tertiary/aromatic N) is 2. The third-order valence-electron chi connectivity index (χ3n) is 4.76. The second-order valence-corrected chi connectivity index (χ2v) is 7.58. The number of aromatic nitrogens is 2. The Balaban J connectivity index is 0.00000225. The molecular formula is C22H22ClN3OS. The van der Waals surface area contributed by atoms with E-state index in [0.717, 1.165) is 27.5 Å². The molecule has 28 heavy (non-hydrogen) atoms. The van der Waals surface area contributed by atoms with Gasteiger partial charge in [-0.3, -0.25) is 9.20 Å². The number of hydrogen-bond donors (Lipinski definition) is 1. The van der Waals surface area contributed by atoms with Crippen LogP contribution in [0.1, 0.15) is 22.4 Å². The van der Waals surface area contributed by atoms with E-state index in [2.05, 4.69) is 37.4 Å². The van der Waals surface area contributed by atoms with E-state index in [1.54, 1.807) is 11.3 Å². The smallest absolute Gasteiger partial charge is 0.226 e. The number of nitrogens with one attached hydrogen (secondary N) is 1. The fourth-order valence-electron chi connectivity index (χ4n) is 3.02. The van der Waals surface area contributed by atoms with Crippen LogP contribution in [0.15, 0.2) is 60.1 Å². The maximum Gasteiger partial charge on any atom is 0.226 e. The quantitative estimate of drug-likeness (QED) is 0.504. The zero-order chi connectivity index (χ0) is 18.8. The first kappa shape index (κ1) is 20.1. The molecule has 0 aliphatic heterocycles. The summed E-state index contributed by atoms with van der Waals surface area (Å²) in [5, 5.41) is 4.99. The molecule has 0 atom stereocenters. The number of carbonyl (C=O) groups excluding carboxylic acids is 1. The third kappa shape index (κ3) is 4.26. The third-order valence-corrected chi connectivity index (χ3v) is 5.65. The number of rotatable bonds is 5. The van der Waals surface area contributed by atoms with Crippen LogP contribution in [0.2, 0.25) is 0 Å². The van der Waals surface area contributed by atoms with Gasteiger partial charge in [0.15, 0.2) is 4.96 Å². The summed E-state index contributed by atoms with van der Waals surface area (Å²) >= 11 is 1.57. The maximum absolute atomic E-state index is 12.3. The molecule has 0 spiro atoms. The number of carbonyl (C=O) groups is 1. The van der Waals surface area contributed by atoms with Gasteiger partial charge < -0.3 is 5.32 Å². The number of imidazole rings is 1. The minimum Gasteiger partial charge on any atom is -0.352 e. The van der Waals surface area contributed by atoms with Crippen LogP contribution in [0.5, 0.6) is 0 Å². The van der Waals surface area contributed by atoms with Crippen molar-refractivity contribution in [2.75, 3.05) is 0 Å². The molecule has 2 aromatic heterocycles. The summed E-state index contributed by atoms with van der Waals surface area (Å²) in [6.45, 7) is 4.77. The molecule has 1 N–H and O–H groups in total. The molecule has 6 heteroatoms. The van der Waals surface area contributed by atoms with Gasteiger partial charge in [-0.25, -0.2) is 4.98 Å². The fourth-order valence-corrected chi connectivity index (χ4v) is 3.89. The summed E-state index contributed by atoms with van der Waals surface area (Å²) in [7, 11) is 0. The molecule has 2 heterocycles. The molecule has 0 radical (unpaired) electrons. The van der Waals surface area contributed by atoms with Gasteiger partial charge in [0.05, 0.1) is 12.1 Å². The van der Waals surface area contributed by atoms with Gasteiger partial charge in [-0.1, -0.05) is 42.5 Å². The number of hydrogen-bond acceptors (Lipinski definition) is 3. The lowest BCUT2D eigenvalue weighted by Crippen LogP contribution is -2.24. The minimum absolute atomic E-state index is 0. The second kappa shape index (κ2) is 8.59. The van der Waals surface area contributed by atoms with E-state index in [-0.39, 0.29) is 18.3 Å². The highest BCUT2D eigenvalue weighted by Crippen LogP contribution is 2.25. The molecule has 4 rings (SSSR count). The van der Waals surface area contributed by atoms with Crippen LogP contribution in [-0.4, -0.2) is 15.3 Å². The molecule has 0 fully saturated rings. The molecule has 144 valence electrons. The normalized spacial score (nSPS) is 10.6. The van der Waals surface area contributed by atoms with Crippen molar-refractivity contribution in [1.29, 1.82) is 0 Å². The molecule has 4 nitrogen and oxygen atoms in total. The van der Waals surface area contributed by atoms with E-state index in [4.69, 9.17) is 4.98 Å². The molecule has 0 saturated heterocycles. The maximum atomic E-state index is 12.3. The van der Waals surface area contributed by atoms with Gasteiger partial charge in [0.2, 0.25) is 5.91 Å². The fraction of sp³-hybridized carbons (Fsp3) is 0.182. The lowest BCUT2D eigenvalue weighted by atomic mass is 10.0. The van der Waals surface area contributed by atoms with Crippen LogP contribution in [0.3, 0.4) is 0 Å². The molecule has 0 unspecified atom stereocenters. The predicted molar refractivity (Wildman–Crippen MR) is 117 cm³/mol. The molecule has 0 bridgehead atoms. The number of benzene rings is 2. The lowest BCUT2D eigenvalue weighted by Gasteiger charge is -2.05. The van der Waals surface area contributed by atoms with E-state index in [1.165, 1.54) is 11.1 Å². The van der Waals surface area contributed by atoms with Crippen molar-refractivity contribution in [2.45, 2.75) is 26.8 Å². The number of aryl methyl sites for hydroxylation is 2. The molecule has 2 aromatic carbocycles. The second-order valence-electron chi connectivity index (χ2n) is 6.74. The molecule has 4 aromatic rings. The van der Waals surface area contributed by atoms with Crippen molar-refractivity contribution in [3.8, 4) is 11.3 Å². The Morgan fingerprint density at radius 3 is 2.64 bits per heavy atom. The predicted octanol–water partition coefficient (Wildman–Crippen LogP) is 4.96. The van der Waals surface area contributed by atoms with Gasteiger partial charge in [-0.15, -0.1) is 23.7 Å². The topological polar surface area (TPSA) is 46.4 Å². The summed E-state index contributed by atoms with van der Waals surface area (Å²) in [4.78, 5) is 18.0. The summed E-state index contributed by atoms with van der Waals surface area (Å²) < 4.78 is 2.03. The highest BCUT2D eigenvalue weighted by atomic mass is 35.5. The van der Waals surface area contributed by atoms with E-state index < -0.39 is 0 Å². The van der Waals surface area contributed by atoms with Crippen LogP contribution >= 0.6 is 23.7 Å². The van der Waals surface area contributed by atoms with E-state index in [0.29, 0.717) is 13.0 Å². The van der Waals surface area contributed by atoms with Crippen molar-refractivity contribution in [1.82, 2.24) is 14.7 Å². The van der Waals surface area contributed by atoms with Crippen LogP contribution in [0.25, 0.3) is 16.2 Å². The van der Waals surface area contributed by atoms with Crippen molar-refractivity contribution in [3.05, 3.63) is 82.5 Å². The zero-order valence-corrected chi connectivity index (χ0v) is 17.4. The largest absolute Gasteiger partial charge is 0.352 e. The number of fused-ring (bicyclic) bond motifs is 1. The molecular weight excluding hydrogens is 390 g/mol. The first-order chi connectivity index (χ1) is 13.1. The first-order valence-electron chi connectivity index (χ1n) is 8.94. The Kier molecular flexibility index (Phi) is 6.17. The van der Waals surface area contributed by atoms with E-state index in [1.807, 2.05) is 46.3 Å². The van der Waals surface area contributed by atoms with Crippen LogP contribution in [0, 0.1) is 13.8 Å². The van der Waals surface area contributed by atoms with Crippen molar-refractivity contribution in [3.63, 3.8) is 0 Å². The Hall–Kier alpha value is -2.63. The van der Waals surface area contributed by atoms with Crippen molar-refractivity contribution in [2.24, 2.45) is 0 Å². The Bertz CT molecular complexity index is 1100. The average molecular weight is 412 g/mol. The highest BCUT2D eigenvalue weighted by Gasteiger charge is 2.13. The monoisotopic (exact) mass is 411 g/mol. The number of amides is 1. The Labute approximate surface area is 174 Å². The van der Waals surface area contributed by atoms with Gasteiger partial charge in [-0.05, 0) is 36.6 Å². The van der Waals surface area contributed by atoms with E-state index in [9.17, 15) is 4.79 Å².